The zero-order valence-corrected chi connectivity index (χ0v) is 10.3. The van der Waals surface area contributed by atoms with Gasteiger partial charge in [-0.25, -0.2) is 0 Å². The molecule has 2 rings (SSSR count). The Labute approximate surface area is 102 Å². The molecule has 2 N–H and O–H groups in total. The van der Waals surface area contributed by atoms with E-state index < -0.39 is 6.23 Å². The second kappa shape index (κ2) is 4.88. The summed E-state index contributed by atoms with van der Waals surface area (Å²) in [5.41, 5.74) is 2.23. The van der Waals surface area contributed by atoms with E-state index in [-0.39, 0.29) is 17.6 Å². The normalized spacial score (nSPS) is 27.1. The van der Waals surface area contributed by atoms with Gasteiger partial charge < -0.3 is 15.2 Å². The van der Waals surface area contributed by atoms with Crippen LogP contribution in [0.25, 0.3) is 0 Å². The molecule has 3 heteroatoms. The molecule has 1 heterocycles. The van der Waals surface area contributed by atoms with E-state index >= 15 is 0 Å². The van der Waals surface area contributed by atoms with E-state index in [2.05, 4.69) is 18.3 Å². The molecule has 3 unspecified atom stereocenters. The van der Waals surface area contributed by atoms with Crippen LogP contribution in [0.3, 0.4) is 0 Å². The van der Waals surface area contributed by atoms with Crippen molar-refractivity contribution in [2.24, 2.45) is 5.92 Å². The Morgan fingerprint density at radius 2 is 2.12 bits per heavy atom. The molecule has 0 aliphatic carbocycles. The Morgan fingerprint density at radius 1 is 1.41 bits per heavy atom. The van der Waals surface area contributed by atoms with E-state index in [1.165, 1.54) is 5.56 Å². The van der Waals surface area contributed by atoms with Crippen molar-refractivity contribution in [3.05, 3.63) is 29.8 Å². The quantitative estimate of drug-likeness (QED) is 0.843. The van der Waals surface area contributed by atoms with Crippen LogP contribution < -0.4 is 5.32 Å². The van der Waals surface area contributed by atoms with Crippen LogP contribution in [0.2, 0.25) is 0 Å². The molecule has 0 saturated carbocycles. The first-order valence-corrected chi connectivity index (χ1v) is 6.12. The molecule has 0 radical (unpaired) electrons. The number of aliphatic hydroxyl groups excluding tert-OH is 1. The van der Waals surface area contributed by atoms with Crippen LogP contribution in [0.15, 0.2) is 24.3 Å². The third-order valence-corrected chi connectivity index (χ3v) is 3.63. The summed E-state index contributed by atoms with van der Waals surface area (Å²) in [5, 5.41) is 13.2. The molecule has 17 heavy (non-hydrogen) atoms. The topological polar surface area (TPSA) is 49.3 Å². The highest BCUT2D eigenvalue weighted by molar-refractivity contribution is 5.75. The summed E-state index contributed by atoms with van der Waals surface area (Å²) < 4.78 is 0. The monoisotopic (exact) mass is 233 g/mol. The number of anilines is 1. The van der Waals surface area contributed by atoms with Gasteiger partial charge in [-0.2, -0.15) is 0 Å². The largest absolute Gasteiger partial charge is 0.374 e. The SMILES string of the molecule is CC(=O)CCC1C(O)Nc2ccccc2C1C. The molecule has 1 aliphatic heterocycles. The van der Waals surface area contributed by atoms with E-state index in [4.69, 9.17) is 0 Å². The van der Waals surface area contributed by atoms with Gasteiger partial charge in [0.15, 0.2) is 0 Å². The fourth-order valence-electron chi connectivity index (χ4n) is 2.57. The first-order valence-electron chi connectivity index (χ1n) is 6.12. The van der Waals surface area contributed by atoms with Crippen molar-refractivity contribution in [2.75, 3.05) is 5.32 Å². The molecule has 92 valence electrons. The van der Waals surface area contributed by atoms with E-state index in [9.17, 15) is 9.90 Å². The Kier molecular flexibility index (Phi) is 3.48. The minimum Gasteiger partial charge on any atom is -0.374 e. The standard InChI is InChI=1S/C14H19NO2/c1-9(16)7-8-12-10(2)11-5-3-4-6-13(11)15-14(12)17/h3-6,10,12,14-15,17H,7-8H2,1-2H3. The second-order valence-corrected chi connectivity index (χ2v) is 4.87. The van der Waals surface area contributed by atoms with Gasteiger partial charge in [-0.3, -0.25) is 0 Å². The summed E-state index contributed by atoms with van der Waals surface area (Å²) in [6, 6.07) is 8.04. The molecular formula is C14H19NO2. The van der Waals surface area contributed by atoms with Crippen LogP contribution in [0, 0.1) is 5.92 Å². The minimum atomic E-state index is -0.556. The van der Waals surface area contributed by atoms with Crippen LogP contribution in [0.4, 0.5) is 5.69 Å². The van der Waals surface area contributed by atoms with Crippen LogP contribution in [0.5, 0.6) is 0 Å². The minimum absolute atomic E-state index is 0.105. The first kappa shape index (κ1) is 12.1. The molecule has 0 bridgehead atoms. The second-order valence-electron chi connectivity index (χ2n) is 4.87. The van der Waals surface area contributed by atoms with E-state index in [1.807, 2.05) is 18.2 Å². The summed E-state index contributed by atoms with van der Waals surface area (Å²) in [5.74, 6) is 0.568. The highest BCUT2D eigenvalue weighted by Crippen LogP contribution is 2.39. The Balaban J connectivity index is 2.18. The lowest BCUT2D eigenvalue weighted by Crippen LogP contribution is -2.37. The summed E-state index contributed by atoms with van der Waals surface area (Å²) in [6.07, 6.45) is 0.716. The van der Waals surface area contributed by atoms with Crippen LogP contribution >= 0.6 is 0 Å². The maximum atomic E-state index is 11.0. The molecule has 0 amide bonds. The molecule has 1 aliphatic rings. The zero-order valence-electron chi connectivity index (χ0n) is 10.3. The summed E-state index contributed by atoms with van der Waals surface area (Å²) in [7, 11) is 0. The molecular weight excluding hydrogens is 214 g/mol. The van der Waals surface area contributed by atoms with Crippen molar-refractivity contribution < 1.29 is 9.90 Å². The van der Waals surface area contributed by atoms with Gasteiger partial charge in [0.25, 0.3) is 0 Å². The number of Topliss-reactive ketones (excluding diaryl/α,β-unsaturated/α-hetero) is 1. The maximum Gasteiger partial charge on any atom is 0.129 e. The zero-order chi connectivity index (χ0) is 12.4. The Hall–Kier alpha value is -1.35. The number of para-hydroxylation sites is 1. The van der Waals surface area contributed by atoms with Gasteiger partial charge in [-0.05, 0) is 30.9 Å². The lowest BCUT2D eigenvalue weighted by molar-refractivity contribution is -0.117. The lowest BCUT2D eigenvalue weighted by atomic mass is 9.79. The van der Waals surface area contributed by atoms with E-state index in [0.717, 1.165) is 12.1 Å². The van der Waals surface area contributed by atoms with Crippen molar-refractivity contribution >= 4 is 11.5 Å². The molecule has 3 nitrogen and oxygen atoms in total. The van der Waals surface area contributed by atoms with Crippen molar-refractivity contribution in [2.45, 2.75) is 38.8 Å². The third-order valence-electron chi connectivity index (χ3n) is 3.63. The van der Waals surface area contributed by atoms with E-state index in [1.54, 1.807) is 6.92 Å². The van der Waals surface area contributed by atoms with Crippen molar-refractivity contribution in [3.8, 4) is 0 Å². The number of hydrogen-bond donors (Lipinski definition) is 2. The average molecular weight is 233 g/mol. The molecule has 1 aromatic rings. The van der Waals surface area contributed by atoms with Gasteiger partial charge in [0.1, 0.15) is 12.0 Å². The predicted molar refractivity (Wildman–Crippen MR) is 67.9 cm³/mol. The van der Waals surface area contributed by atoms with Crippen molar-refractivity contribution in [3.63, 3.8) is 0 Å². The fourth-order valence-corrected chi connectivity index (χ4v) is 2.57. The van der Waals surface area contributed by atoms with Crippen LogP contribution in [-0.2, 0) is 4.79 Å². The summed E-state index contributed by atoms with van der Waals surface area (Å²) in [6.45, 7) is 3.72. The van der Waals surface area contributed by atoms with Gasteiger partial charge in [-0.15, -0.1) is 0 Å². The molecule has 0 fully saturated rings. The molecule has 0 aromatic heterocycles. The number of benzene rings is 1. The van der Waals surface area contributed by atoms with Gasteiger partial charge in [0.05, 0.1) is 0 Å². The summed E-state index contributed by atoms with van der Waals surface area (Å²) >= 11 is 0. The average Bonchev–Trinajstić information content (AvgIpc) is 2.28. The van der Waals surface area contributed by atoms with Crippen molar-refractivity contribution in [1.29, 1.82) is 0 Å². The number of ketones is 1. The number of fused-ring (bicyclic) bond motifs is 1. The smallest absolute Gasteiger partial charge is 0.129 e. The number of carbonyl (C=O) groups excluding carboxylic acids is 1. The van der Waals surface area contributed by atoms with Crippen molar-refractivity contribution in [1.82, 2.24) is 0 Å². The van der Waals surface area contributed by atoms with Gasteiger partial charge in [0, 0.05) is 18.0 Å². The summed E-state index contributed by atoms with van der Waals surface area (Å²) in [4.78, 5) is 11.0. The molecule has 1 aromatic carbocycles. The maximum absolute atomic E-state index is 11.0. The number of rotatable bonds is 3. The number of nitrogens with one attached hydrogen (secondary N) is 1. The van der Waals surface area contributed by atoms with Gasteiger partial charge in [0.2, 0.25) is 0 Å². The number of aliphatic hydroxyl groups is 1. The fraction of sp³-hybridized carbons (Fsp3) is 0.500. The lowest BCUT2D eigenvalue weighted by Gasteiger charge is -2.36. The molecule has 3 atom stereocenters. The Bertz CT molecular complexity index is 416. The van der Waals surface area contributed by atoms with Crippen LogP contribution in [-0.4, -0.2) is 17.1 Å². The predicted octanol–water partition coefficient (Wildman–Crippen LogP) is 2.52. The first-order chi connectivity index (χ1) is 8.09. The van der Waals surface area contributed by atoms with Crippen LogP contribution in [0.1, 0.15) is 38.2 Å². The molecule has 0 spiro atoms. The number of carbonyl (C=O) groups is 1. The van der Waals surface area contributed by atoms with Gasteiger partial charge in [-0.1, -0.05) is 25.1 Å². The third kappa shape index (κ3) is 2.50. The number of hydrogen-bond acceptors (Lipinski definition) is 3. The highest BCUT2D eigenvalue weighted by Gasteiger charge is 2.32. The molecule has 0 saturated heterocycles. The van der Waals surface area contributed by atoms with E-state index in [0.29, 0.717) is 6.42 Å². The Morgan fingerprint density at radius 3 is 2.82 bits per heavy atom. The highest BCUT2D eigenvalue weighted by atomic mass is 16.3. The van der Waals surface area contributed by atoms with Gasteiger partial charge >= 0.3 is 0 Å².